The lowest BCUT2D eigenvalue weighted by molar-refractivity contribution is -0.189. The van der Waals surface area contributed by atoms with Gasteiger partial charge >= 0.3 is 0 Å². The second-order valence-corrected chi connectivity index (χ2v) is 9.48. The minimum atomic E-state index is -1.66. The van der Waals surface area contributed by atoms with Gasteiger partial charge in [0.1, 0.15) is 29.5 Å². The van der Waals surface area contributed by atoms with E-state index in [0.717, 1.165) is 18.9 Å². The maximum atomic E-state index is 12.9. The molecule has 4 rings (SSSR count). The highest BCUT2D eigenvalue weighted by atomic mass is 35.5. The molecule has 1 fully saturated rings. The number of aliphatic hydroxyl groups is 2. The maximum Gasteiger partial charge on any atom is 0.271 e. The molecule has 12 heteroatoms. The van der Waals surface area contributed by atoms with Crippen molar-refractivity contribution >= 4 is 29.2 Å². The van der Waals surface area contributed by atoms with E-state index in [9.17, 15) is 24.6 Å². The molecule has 2 amide bonds. The summed E-state index contributed by atoms with van der Waals surface area (Å²) in [6, 6.07) is 1.30. The zero-order chi connectivity index (χ0) is 26.2. The molecule has 3 unspecified atom stereocenters. The molecule has 1 aromatic carbocycles. The van der Waals surface area contributed by atoms with Gasteiger partial charge in [-0.3, -0.25) is 25.2 Å². The molecule has 4 N–H and O–H groups in total. The number of carbonyl (C=O) groups excluding carboxylic acids is 3. The monoisotopic (exact) mass is 524 g/mol. The number of hydrazine groups is 1. The Morgan fingerprint density at radius 2 is 2.06 bits per heavy atom. The van der Waals surface area contributed by atoms with Gasteiger partial charge in [-0.05, 0) is 32.3 Å². The largest absolute Gasteiger partial charge is 0.508 e. The SMILES string of the molecule is COc1cc(C(=O)NNC(=O)C(C)OC2CCCCO2)c(Cl)c2c1C(O)[C@@]1(O2)C(O)=CC(=O)C[C@H]1C. The molecule has 0 radical (unpaired) electrons. The van der Waals surface area contributed by atoms with Crippen LogP contribution in [0.1, 0.15) is 61.6 Å². The van der Waals surface area contributed by atoms with Crippen LogP contribution in [0.3, 0.4) is 0 Å². The summed E-state index contributed by atoms with van der Waals surface area (Å²) in [5, 5.41) is 21.6. The molecule has 2 heterocycles. The molecule has 3 aliphatic rings. The Balaban J connectivity index is 1.53. The fraction of sp³-hybridized carbons (Fsp3) is 0.542. The van der Waals surface area contributed by atoms with Crippen molar-refractivity contribution in [1.29, 1.82) is 0 Å². The highest BCUT2D eigenvalue weighted by molar-refractivity contribution is 6.35. The van der Waals surface area contributed by atoms with Crippen LogP contribution in [0.2, 0.25) is 5.02 Å². The average Bonchev–Trinajstić information content (AvgIpc) is 3.17. The molecule has 2 aliphatic heterocycles. The van der Waals surface area contributed by atoms with Crippen molar-refractivity contribution in [3.63, 3.8) is 0 Å². The Labute approximate surface area is 212 Å². The molecular formula is C24H29ClN2O9. The topological polar surface area (TPSA) is 153 Å². The van der Waals surface area contributed by atoms with E-state index >= 15 is 0 Å². The van der Waals surface area contributed by atoms with E-state index in [1.165, 1.54) is 20.1 Å². The van der Waals surface area contributed by atoms with Crippen molar-refractivity contribution in [2.45, 2.75) is 63.6 Å². The van der Waals surface area contributed by atoms with Crippen LogP contribution >= 0.6 is 11.6 Å². The number of carbonyl (C=O) groups is 3. The predicted molar refractivity (Wildman–Crippen MR) is 126 cm³/mol. The van der Waals surface area contributed by atoms with E-state index in [2.05, 4.69) is 10.9 Å². The molecule has 1 saturated heterocycles. The number of aliphatic hydroxyl groups excluding tert-OH is 2. The third-order valence-corrected chi connectivity index (χ3v) is 7.11. The lowest BCUT2D eigenvalue weighted by atomic mass is 9.74. The molecular weight excluding hydrogens is 496 g/mol. The second-order valence-electron chi connectivity index (χ2n) is 9.10. The van der Waals surface area contributed by atoms with E-state index in [4.69, 9.17) is 30.5 Å². The van der Waals surface area contributed by atoms with Gasteiger partial charge in [-0.15, -0.1) is 0 Å². The van der Waals surface area contributed by atoms with Crippen molar-refractivity contribution in [3.05, 3.63) is 34.1 Å². The van der Waals surface area contributed by atoms with Crippen molar-refractivity contribution in [2.24, 2.45) is 5.92 Å². The summed E-state index contributed by atoms with van der Waals surface area (Å²) in [4.78, 5) is 37.2. The zero-order valence-corrected chi connectivity index (χ0v) is 20.9. The van der Waals surface area contributed by atoms with Gasteiger partial charge in [-0.2, -0.15) is 0 Å². The molecule has 0 bridgehead atoms. The summed E-state index contributed by atoms with van der Waals surface area (Å²) in [5.41, 5.74) is 2.94. The standard InChI is InChI=1S/C24H29ClN2O9/c1-11-8-13(28)9-16(29)24(11)21(30)18-15(33-3)10-14(19(25)20(18)36-24)23(32)27-26-22(31)12(2)35-17-6-4-5-7-34-17/h9-12,17,21,29-30H,4-8H2,1-3H3,(H,26,31)(H,27,32)/t11-,12?,17?,21?,24+/m1/s1. The molecule has 1 spiro atoms. The summed E-state index contributed by atoms with van der Waals surface area (Å²) >= 11 is 6.50. The number of ether oxygens (including phenoxy) is 4. The molecule has 5 atom stereocenters. The van der Waals surface area contributed by atoms with Crippen molar-refractivity contribution < 1.29 is 43.5 Å². The van der Waals surface area contributed by atoms with E-state index in [-0.39, 0.29) is 39.9 Å². The fourth-order valence-electron chi connectivity index (χ4n) is 4.74. The number of fused-ring (bicyclic) bond motifs is 1. The number of methoxy groups -OCH3 is 1. The minimum absolute atomic E-state index is 0.0283. The number of benzene rings is 1. The summed E-state index contributed by atoms with van der Waals surface area (Å²) < 4.78 is 22.4. The van der Waals surface area contributed by atoms with Crippen LogP contribution in [0.25, 0.3) is 0 Å². The minimum Gasteiger partial charge on any atom is -0.508 e. The molecule has 36 heavy (non-hydrogen) atoms. The van der Waals surface area contributed by atoms with E-state index in [1.54, 1.807) is 6.92 Å². The van der Waals surface area contributed by atoms with Crippen LogP contribution in [0.5, 0.6) is 11.5 Å². The number of nitrogens with one attached hydrogen (secondary N) is 2. The van der Waals surface area contributed by atoms with Gasteiger partial charge in [0.2, 0.25) is 0 Å². The molecule has 1 aliphatic carbocycles. The third kappa shape index (κ3) is 4.52. The van der Waals surface area contributed by atoms with Crippen LogP contribution < -0.4 is 20.3 Å². The van der Waals surface area contributed by atoms with Gasteiger partial charge in [0.25, 0.3) is 11.8 Å². The van der Waals surface area contributed by atoms with Crippen molar-refractivity contribution in [2.75, 3.05) is 13.7 Å². The van der Waals surface area contributed by atoms with Crippen LogP contribution in [-0.4, -0.2) is 59.5 Å². The Morgan fingerprint density at radius 3 is 2.69 bits per heavy atom. The van der Waals surface area contributed by atoms with Gasteiger partial charge < -0.3 is 29.2 Å². The molecule has 0 aromatic heterocycles. The highest BCUT2D eigenvalue weighted by Gasteiger charge is 2.59. The van der Waals surface area contributed by atoms with Gasteiger partial charge in [0.15, 0.2) is 17.7 Å². The quantitative estimate of drug-likeness (QED) is 0.425. The van der Waals surface area contributed by atoms with E-state index in [0.29, 0.717) is 13.0 Å². The molecule has 1 aromatic rings. The molecule has 0 saturated carbocycles. The zero-order valence-electron chi connectivity index (χ0n) is 20.1. The Hall–Kier alpha value is -2.86. The van der Waals surface area contributed by atoms with Crippen molar-refractivity contribution in [1.82, 2.24) is 10.9 Å². The summed E-state index contributed by atoms with van der Waals surface area (Å²) in [7, 11) is 1.33. The first-order chi connectivity index (χ1) is 17.1. The van der Waals surface area contributed by atoms with Crippen LogP contribution in [-0.2, 0) is 19.1 Å². The first-order valence-electron chi connectivity index (χ1n) is 11.7. The third-order valence-electron chi connectivity index (χ3n) is 6.74. The normalized spacial score (nSPS) is 28.1. The molecule has 196 valence electrons. The maximum absolute atomic E-state index is 12.9. The lowest BCUT2D eigenvalue weighted by Gasteiger charge is -2.38. The number of hydrogen-bond donors (Lipinski definition) is 4. The number of ketones is 1. The first kappa shape index (κ1) is 26.2. The van der Waals surface area contributed by atoms with Gasteiger partial charge in [-0.1, -0.05) is 18.5 Å². The average molecular weight is 525 g/mol. The van der Waals surface area contributed by atoms with E-state index < -0.39 is 47.6 Å². The second kappa shape index (κ2) is 10.3. The van der Waals surface area contributed by atoms with Gasteiger partial charge in [0, 0.05) is 25.0 Å². The van der Waals surface area contributed by atoms with Gasteiger partial charge in [0.05, 0.1) is 23.3 Å². The van der Waals surface area contributed by atoms with Gasteiger partial charge in [-0.25, -0.2) is 0 Å². The summed E-state index contributed by atoms with van der Waals surface area (Å²) in [6.07, 6.45) is 0.813. The van der Waals surface area contributed by atoms with Crippen LogP contribution in [0.4, 0.5) is 0 Å². The highest BCUT2D eigenvalue weighted by Crippen LogP contribution is 2.57. The Kier molecular flexibility index (Phi) is 7.46. The Morgan fingerprint density at radius 1 is 1.31 bits per heavy atom. The van der Waals surface area contributed by atoms with Crippen LogP contribution in [0.15, 0.2) is 17.9 Å². The van der Waals surface area contributed by atoms with Crippen molar-refractivity contribution in [3.8, 4) is 11.5 Å². The fourth-order valence-corrected chi connectivity index (χ4v) is 5.03. The number of rotatable bonds is 5. The Bertz CT molecular complexity index is 1100. The smallest absolute Gasteiger partial charge is 0.271 e. The van der Waals surface area contributed by atoms with E-state index in [1.807, 2.05) is 0 Å². The molecule has 11 nitrogen and oxygen atoms in total. The number of hydrogen-bond acceptors (Lipinski definition) is 9. The summed E-state index contributed by atoms with van der Waals surface area (Å²) in [5.74, 6) is -2.71. The number of allylic oxidation sites excluding steroid dienone is 1. The van der Waals surface area contributed by atoms with Crippen LogP contribution in [0, 0.1) is 5.92 Å². The number of halogens is 1. The summed E-state index contributed by atoms with van der Waals surface area (Å²) in [6.45, 7) is 3.76. The first-order valence-corrected chi connectivity index (χ1v) is 12.1. The lowest BCUT2D eigenvalue weighted by Crippen LogP contribution is -2.49. The predicted octanol–water partition coefficient (Wildman–Crippen LogP) is 2.26. The number of amides is 2.